The van der Waals surface area contributed by atoms with Crippen LogP contribution in [0.3, 0.4) is 0 Å². The third-order valence-corrected chi connectivity index (χ3v) is 5.47. The fraction of sp³-hybridized carbons (Fsp3) is 0.750. The van der Waals surface area contributed by atoms with Gasteiger partial charge in [0.1, 0.15) is 0 Å². The molecule has 5 nitrogen and oxygen atoms in total. The predicted molar refractivity (Wildman–Crippen MR) is 88.9 cm³/mol. The second kappa shape index (κ2) is 7.92. The van der Waals surface area contributed by atoms with E-state index in [-0.39, 0.29) is 11.9 Å². The SMILES string of the molecule is CCc1nc(CNC(=O)NCC(C)(O)C2CCCCC2)cs1. The molecular weight excluding hydrogens is 298 g/mol. The summed E-state index contributed by atoms with van der Waals surface area (Å²) in [6.45, 7) is 4.61. The molecule has 1 unspecified atom stereocenters. The summed E-state index contributed by atoms with van der Waals surface area (Å²) in [5, 5.41) is 19.2. The average Bonchev–Trinajstić information content (AvgIpc) is 3.00. The van der Waals surface area contributed by atoms with Gasteiger partial charge in [0.2, 0.25) is 0 Å². The molecule has 0 spiro atoms. The molecule has 6 heteroatoms. The topological polar surface area (TPSA) is 74.2 Å². The van der Waals surface area contributed by atoms with Crippen LogP contribution in [0.1, 0.15) is 56.7 Å². The van der Waals surface area contributed by atoms with Crippen LogP contribution < -0.4 is 10.6 Å². The molecule has 0 bridgehead atoms. The number of aryl methyl sites for hydroxylation is 1. The van der Waals surface area contributed by atoms with Crippen LogP contribution in [0, 0.1) is 5.92 Å². The van der Waals surface area contributed by atoms with Crippen molar-refractivity contribution in [3.05, 3.63) is 16.1 Å². The van der Waals surface area contributed by atoms with Crippen LogP contribution in [0.4, 0.5) is 4.79 Å². The lowest BCUT2D eigenvalue weighted by atomic mass is 9.78. The van der Waals surface area contributed by atoms with Crippen molar-refractivity contribution in [3.63, 3.8) is 0 Å². The highest BCUT2D eigenvalue weighted by atomic mass is 32.1. The fourth-order valence-corrected chi connectivity index (χ4v) is 3.70. The monoisotopic (exact) mass is 325 g/mol. The maximum Gasteiger partial charge on any atom is 0.315 e. The third-order valence-electron chi connectivity index (χ3n) is 4.42. The Morgan fingerprint density at radius 3 is 2.77 bits per heavy atom. The van der Waals surface area contributed by atoms with Crippen LogP contribution in [0.2, 0.25) is 0 Å². The van der Waals surface area contributed by atoms with E-state index in [1.807, 2.05) is 12.3 Å². The number of amides is 2. The van der Waals surface area contributed by atoms with Gasteiger partial charge in [0.05, 0.1) is 22.8 Å². The summed E-state index contributed by atoms with van der Waals surface area (Å²) in [4.78, 5) is 16.3. The van der Waals surface area contributed by atoms with Crippen LogP contribution >= 0.6 is 11.3 Å². The highest BCUT2D eigenvalue weighted by Gasteiger charge is 2.32. The number of carbonyl (C=O) groups excluding carboxylic acids is 1. The van der Waals surface area contributed by atoms with E-state index in [0.29, 0.717) is 13.1 Å². The highest BCUT2D eigenvalue weighted by Crippen LogP contribution is 2.32. The molecule has 1 atom stereocenters. The molecule has 3 N–H and O–H groups in total. The number of nitrogens with zero attached hydrogens (tertiary/aromatic N) is 1. The summed E-state index contributed by atoms with van der Waals surface area (Å²) in [6.07, 6.45) is 6.63. The molecule has 1 aromatic rings. The van der Waals surface area contributed by atoms with Gasteiger partial charge >= 0.3 is 6.03 Å². The normalized spacial score (nSPS) is 18.7. The van der Waals surface area contributed by atoms with Crippen LogP contribution in [0.25, 0.3) is 0 Å². The van der Waals surface area contributed by atoms with Gasteiger partial charge in [-0.3, -0.25) is 0 Å². The van der Waals surface area contributed by atoms with Crippen molar-refractivity contribution in [1.29, 1.82) is 0 Å². The van der Waals surface area contributed by atoms with Crippen molar-refractivity contribution in [1.82, 2.24) is 15.6 Å². The number of nitrogens with one attached hydrogen (secondary N) is 2. The van der Waals surface area contributed by atoms with Gasteiger partial charge < -0.3 is 15.7 Å². The van der Waals surface area contributed by atoms with E-state index in [2.05, 4.69) is 22.5 Å². The highest BCUT2D eigenvalue weighted by molar-refractivity contribution is 7.09. The molecule has 1 aromatic heterocycles. The molecule has 1 heterocycles. The quantitative estimate of drug-likeness (QED) is 0.753. The molecule has 2 rings (SSSR count). The molecule has 1 aliphatic carbocycles. The van der Waals surface area contributed by atoms with Crippen molar-refractivity contribution < 1.29 is 9.90 Å². The van der Waals surface area contributed by atoms with Crippen molar-refractivity contribution in [3.8, 4) is 0 Å². The van der Waals surface area contributed by atoms with Gasteiger partial charge in [-0.05, 0) is 32.1 Å². The first kappa shape index (κ1) is 17.2. The largest absolute Gasteiger partial charge is 0.388 e. The van der Waals surface area contributed by atoms with Gasteiger partial charge in [-0.1, -0.05) is 26.2 Å². The maximum atomic E-state index is 11.9. The van der Waals surface area contributed by atoms with E-state index in [1.165, 1.54) is 19.3 Å². The molecule has 0 radical (unpaired) electrons. The molecule has 2 amide bonds. The van der Waals surface area contributed by atoms with E-state index >= 15 is 0 Å². The molecule has 0 aliphatic heterocycles. The van der Waals surface area contributed by atoms with Gasteiger partial charge in [0.15, 0.2) is 0 Å². The molecule has 1 fully saturated rings. The van der Waals surface area contributed by atoms with Gasteiger partial charge in [-0.2, -0.15) is 0 Å². The van der Waals surface area contributed by atoms with Crippen molar-refractivity contribution >= 4 is 17.4 Å². The number of thiazole rings is 1. The summed E-state index contributed by atoms with van der Waals surface area (Å²) in [7, 11) is 0. The lowest BCUT2D eigenvalue weighted by molar-refractivity contribution is -0.0130. The van der Waals surface area contributed by atoms with Crippen LogP contribution in [0.15, 0.2) is 5.38 Å². The summed E-state index contributed by atoms with van der Waals surface area (Å²) >= 11 is 1.61. The van der Waals surface area contributed by atoms with Gasteiger partial charge in [-0.25, -0.2) is 9.78 Å². The van der Waals surface area contributed by atoms with Crippen molar-refractivity contribution in [2.24, 2.45) is 5.92 Å². The Morgan fingerprint density at radius 2 is 2.14 bits per heavy atom. The third kappa shape index (κ3) is 4.95. The first-order chi connectivity index (χ1) is 10.5. The van der Waals surface area contributed by atoms with Crippen LogP contribution in [0.5, 0.6) is 0 Å². The zero-order valence-electron chi connectivity index (χ0n) is 13.5. The average molecular weight is 325 g/mol. The van der Waals surface area contributed by atoms with Crippen LogP contribution in [-0.4, -0.2) is 28.3 Å². The smallest absolute Gasteiger partial charge is 0.315 e. The predicted octanol–water partition coefficient (Wildman–Crippen LogP) is 2.84. The fourth-order valence-electron chi connectivity index (χ4n) is 2.95. The Bertz CT molecular complexity index is 481. The minimum atomic E-state index is -0.826. The number of aromatic nitrogens is 1. The number of rotatable bonds is 6. The molecule has 1 aliphatic rings. The lowest BCUT2D eigenvalue weighted by Crippen LogP contribution is -2.49. The Kier molecular flexibility index (Phi) is 6.20. The molecule has 1 saturated carbocycles. The second-order valence-corrected chi connectivity index (χ2v) is 7.26. The van der Waals surface area contributed by atoms with E-state index in [0.717, 1.165) is 30.0 Å². The van der Waals surface area contributed by atoms with Gasteiger partial charge in [0, 0.05) is 11.9 Å². The minimum Gasteiger partial charge on any atom is -0.388 e. The van der Waals surface area contributed by atoms with E-state index in [9.17, 15) is 9.90 Å². The van der Waals surface area contributed by atoms with Crippen molar-refractivity contribution in [2.75, 3.05) is 6.54 Å². The minimum absolute atomic E-state index is 0.248. The van der Waals surface area contributed by atoms with Gasteiger partial charge in [-0.15, -0.1) is 11.3 Å². The van der Waals surface area contributed by atoms with Crippen LogP contribution in [-0.2, 0) is 13.0 Å². The second-order valence-electron chi connectivity index (χ2n) is 6.31. The molecule has 22 heavy (non-hydrogen) atoms. The molecule has 124 valence electrons. The summed E-state index contributed by atoms with van der Waals surface area (Å²) in [5.74, 6) is 0.284. The number of aliphatic hydroxyl groups is 1. The van der Waals surface area contributed by atoms with Gasteiger partial charge in [0.25, 0.3) is 0 Å². The van der Waals surface area contributed by atoms with E-state index in [1.54, 1.807) is 11.3 Å². The number of hydrogen-bond donors (Lipinski definition) is 3. The summed E-state index contributed by atoms with van der Waals surface area (Å²) in [5.41, 5.74) is 0.0596. The first-order valence-electron chi connectivity index (χ1n) is 8.18. The standard InChI is InChI=1S/C16H27N3O2S/c1-3-14-19-13(10-22-14)9-17-15(20)18-11-16(2,21)12-7-5-4-6-8-12/h10,12,21H,3-9,11H2,1-2H3,(H2,17,18,20). The van der Waals surface area contributed by atoms with Crippen molar-refractivity contribution in [2.45, 2.75) is 64.5 Å². The summed E-state index contributed by atoms with van der Waals surface area (Å²) < 4.78 is 0. The number of urea groups is 1. The molecule has 0 aromatic carbocycles. The number of carbonyl (C=O) groups is 1. The zero-order chi connectivity index (χ0) is 16.0. The first-order valence-corrected chi connectivity index (χ1v) is 9.06. The zero-order valence-corrected chi connectivity index (χ0v) is 14.3. The van der Waals surface area contributed by atoms with E-state index in [4.69, 9.17) is 0 Å². The molecule has 0 saturated heterocycles. The Hall–Kier alpha value is -1.14. The summed E-state index contributed by atoms with van der Waals surface area (Å²) in [6, 6.07) is -0.248. The lowest BCUT2D eigenvalue weighted by Gasteiger charge is -2.35. The van der Waals surface area contributed by atoms with E-state index < -0.39 is 5.60 Å². The Balaban J connectivity index is 1.72. The Morgan fingerprint density at radius 1 is 1.41 bits per heavy atom. The maximum absolute atomic E-state index is 11.9. The molecular formula is C16H27N3O2S. The Labute approximate surface area is 136 Å². The number of hydrogen-bond acceptors (Lipinski definition) is 4.